The van der Waals surface area contributed by atoms with E-state index in [1.165, 1.54) is 24.3 Å². The molecule has 3 aliphatic heterocycles. The number of nitrogens with one attached hydrogen (secondary N) is 11. The quantitative estimate of drug-likeness (QED) is 0.0175. The second-order valence-corrected chi connectivity index (χ2v) is 31.8. The lowest BCUT2D eigenvalue weighted by Crippen LogP contribution is -2.61. The van der Waals surface area contributed by atoms with Crippen LogP contribution in [0.1, 0.15) is 158 Å². The molecule has 4 heterocycles. The Balaban J connectivity index is 0.000000595. The van der Waals surface area contributed by atoms with Gasteiger partial charge in [-0.3, -0.25) is 82.1 Å². The van der Waals surface area contributed by atoms with E-state index in [1.807, 2.05) is 6.92 Å². The fraction of sp³-hybridized carbons (Fsp3) is 0.667. The van der Waals surface area contributed by atoms with E-state index >= 15 is 0 Å². The summed E-state index contributed by atoms with van der Waals surface area (Å²) in [6.07, 6.45) is 5.91. The minimum atomic E-state index is -1.45. The predicted octanol–water partition coefficient (Wildman–Crippen LogP) is -3.37. The molecule has 17 unspecified atom stereocenters. The molecule has 4 rings (SSSR count). The number of carboxylic acid groups (broad SMARTS) is 4. The molecule has 2 fully saturated rings. The number of carbonyl (C=O) groups is 16. The van der Waals surface area contributed by atoms with Gasteiger partial charge in [-0.25, -0.2) is 14.6 Å². The molecule has 1 aromatic heterocycles. The van der Waals surface area contributed by atoms with Gasteiger partial charge in [0.05, 0.1) is 43.3 Å². The van der Waals surface area contributed by atoms with Crippen molar-refractivity contribution >= 4 is 136 Å². The molecule has 3 aliphatic rings. The summed E-state index contributed by atoms with van der Waals surface area (Å²) in [5, 5.41) is 63.7. The third-order valence-electron chi connectivity index (χ3n) is 19.4. The molecule has 1 aromatic rings. The van der Waals surface area contributed by atoms with E-state index in [4.69, 9.17) is 44.6 Å². The molecular weight excluding hydrogens is 1540 g/mol. The van der Waals surface area contributed by atoms with E-state index in [0.717, 1.165) is 11.8 Å². The number of nitrogens with two attached hydrogens (primary N) is 6. The minimum absolute atomic E-state index is 0.0136. The van der Waals surface area contributed by atoms with E-state index in [2.05, 4.69) is 78.1 Å². The average Bonchev–Trinajstić information content (AvgIpc) is 0.934. The molecule has 0 saturated carbocycles. The van der Waals surface area contributed by atoms with Crippen molar-refractivity contribution in [1.82, 2.24) is 63.1 Å². The monoisotopic (exact) mass is 1660 g/mol. The molecule has 642 valence electrons. The van der Waals surface area contributed by atoms with Crippen LogP contribution in [0.5, 0.6) is 0 Å². The van der Waals surface area contributed by atoms with Gasteiger partial charge >= 0.3 is 23.9 Å². The Morgan fingerprint density at radius 1 is 0.574 bits per heavy atom. The predicted molar refractivity (Wildman–Crippen MR) is 426 cm³/mol. The summed E-state index contributed by atoms with van der Waals surface area (Å²) in [4.78, 5) is 229. The molecule has 43 heteroatoms. The van der Waals surface area contributed by atoms with Crippen molar-refractivity contribution in [1.29, 1.82) is 0 Å². The van der Waals surface area contributed by atoms with Gasteiger partial charge in [-0.05, 0) is 73.7 Å². The first-order valence-electron chi connectivity index (χ1n) is 38.1. The van der Waals surface area contributed by atoms with Crippen LogP contribution in [0.15, 0.2) is 39.3 Å². The van der Waals surface area contributed by atoms with Gasteiger partial charge in [0.25, 0.3) is 0 Å². The number of nitrogens with zero attached hydrogens (tertiary/aromatic N) is 4. The number of guanidine groups is 2. The highest BCUT2D eigenvalue weighted by Crippen LogP contribution is 2.25. The Morgan fingerprint density at radius 3 is 1.43 bits per heavy atom. The molecule has 2 saturated heterocycles. The Labute approximate surface area is 675 Å². The van der Waals surface area contributed by atoms with E-state index < -0.39 is 227 Å². The number of Topliss-reactive ketones (excluding diaryl/α,β-unsaturated/α-hetero) is 2. The molecule has 0 aliphatic carbocycles. The van der Waals surface area contributed by atoms with Gasteiger partial charge in [-0.15, -0.1) is 0 Å². The van der Waals surface area contributed by atoms with Crippen LogP contribution in [0.25, 0.3) is 0 Å². The number of ketones is 2. The number of hydrogen-bond acceptors (Lipinski definition) is 24. The lowest BCUT2D eigenvalue weighted by atomic mass is 9.87. The fourth-order valence-corrected chi connectivity index (χ4v) is 14.2. The fourth-order valence-electron chi connectivity index (χ4n) is 12.0. The number of carboxylic acids is 4. The van der Waals surface area contributed by atoms with Crippen molar-refractivity contribution in [2.75, 3.05) is 30.3 Å². The molecule has 27 N–H and O–H groups in total. The number of aliphatic carboxylic acids is 4. The van der Waals surface area contributed by atoms with Crippen molar-refractivity contribution < 1.29 is 97.1 Å². The lowest BCUT2D eigenvalue weighted by Gasteiger charge is -2.32. The lowest BCUT2D eigenvalue weighted by molar-refractivity contribution is -0.142. The average molecular weight is 1660 g/mol. The molecule has 10 amide bonds. The maximum absolute atomic E-state index is 14.2. The number of aromatic nitrogens is 2. The van der Waals surface area contributed by atoms with Gasteiger partial charge in [0, 0.05) is 91.8 Å². The molecule has 41 nitrogen and oxygen atoms in total. The number of imidazole rings is 1. The first-order valence-corrected chi connectivity index (χ1v) is 40.3. The first-order chi connectivity index (χ1) is 54.1. The highest BCUT2D eigenvalue weighted by Gasteiger charge is 2.41. The molecular formula is C72H117N21O20S2. The third-order valence-corrected chi connectivity index (χ3v) is 21.7. The summed E-state index contributed by atoms with van der Waals surface area (Å²) in [5.74, 6) is -17.7. The summed E-state index contributed by atoms with van der Waals surface area (Å²) in [6, 6.07) is -15.2. The number of carbonyl (C=O) groups excluding carboxylic acids is 12. The zero-order valence-electron chi connectivity index (χ0n) is 66.3. The smallest absolute Gasteiger partial charge is 0.326 e. The molecule has 17 atom stereocenters. The van der Waals surface area contributed by atoms with E-state index in [9.17, 15) is 86.9 Å². The minimum Gasteiger partial charge on any atom is -0.481 e. The van der Waals surface area contributed by atoms with Crippen LogP contribution in [0.4, 0.5) is 0 Å². The van der Waals surface area contributed by atoms with Crippen LogP contribution < -0.4 is 87.6 Å². The van der Waals surface area contributed by atoms with E-state index in [0.29, 0.717) is 30.7 Å². The van der Waals surface area contributed by atoms with Gasteiger partial charge in [0.15, 0.2) is 23.5 Å². The maximum Gasteiger partial charge on any atom is 0.326 e. The first kappa shape index (κ1) is 98.9. The number of aliphatic imine (C=N–C) groups is 3. The standard InChI is InChI=1S/C36H59N11O10S.C36H58N10O10S/c1-6-18(4)28-33(54)45-25(12-20-15-40-16-42-20)32(53)44-24(35(56)57)9-11-58-19(5)29(34(55)46-28)47-30(51)21(17(2)3)13-26(48)23(8-7-10-41-36(38)39)43-31(52)22(37)14-27(49)50;1-5-19(4)29-34(54)44-25(14-20-8-6-11-40-20)32(52)43-24(35(55)56)10-13-57-17-26(33(53)46-29)45-30(50)21(18(2)3)15-27(47)23(9-7-12-41-36(38)39)42-31(51)22(37)16-28(48)49/h15-19,21-25,28-29H,6-14,37H2,1-5H3,(H,40,42)(H,43,52)(H,44,53)(H,45,54)(H,46,55)(H,47,51)(H,49,50)(H,56,57)(H4,38,39,41);8,11,18-19,21-26,29H,5-7,9-10,12-17,37H2,1-4H3,(H,42,51)(H,43,52)(H,44,54)(H,45,50)(H,46,53)(H,48,49)(H,55,56)(H4,38,39,41). The van der Waals surface area contributed by atoms with Crippen molar-refractivity contribution in [3.8, 4) is 0 Å². The highest BCUT2D eigenvalue weighted by atomic mass is 32.2. The van der Waals surface area contributed by atoms with Crippen LogP contribution in [0.2, 0.25) is 0 Å². The zero-order chi connectivity index (χ0) is 86.5. The number of allylic oxidation sites excluding steroid dienone is 1. The maximum atomic E-state index is 14.2. The largest absolute Gasteiger partial charge is 0.481 e. The van der Waals surface area contributed by atoms with E-state index in [-0.39, 0.29) is 100 Å². The van der Waals surface area contributed by atoms with Crippen molar-refractivity contribution in [3.05, 3.63) is 30.0 Å². The number of aromatic amines is 1. The summed E-state index contributed by atoms with van der Waals surface area (Å²) in [7, 11) is 0. The molecule has 115 heavy (non-hydrogen) atoms. The second kappa shape index (κ2) is 50.1. The van der Waals surface area contributed by atoms with E-state index in [1.54, 1.807) is 67.7 Å². The second-order valence-electron chi connectivity index (χ2n) is 29.1. The number of rotatable bonds is 38. The topological polar surface area (TPSA) is 696 Å². The van der Waals surface area contributed by atoms with Crippen molar-refractivity contribution in [2.24, 2.45) is 84.9 Å². The normalized spacial score (nSPS) is 22.7. The number of hydrogen-bond donors (Lipinski definition) is 21. The number of H-pyrrole nitrogens is 1. The Kier molecular flexibility index (Phi) is 43.1. The number of amides is 10. The van der Waals surface area contributed by atoms with Gasteiger partial charge < -0.3 is 113 Å². The molecule has 0 spiro atoms. The van der Waals surface area contributed by atoms with Crippen LogP contribution in [0.3, 0.4) is 0 Å². The van der Waals surface area contributed by atoms with Gasteiger partial charge in [0.1, 0.15) is 48.3 Å². The Hall–Kier alpha value is -10.3. The summed E-state index contributed by atoms with van der Waals surface area (Å²) >= 11 is 2.31. The van der Waals surface area contributed by atoms with Crippen LogP contribution >= 0.6 is 23.5 Å². The summed E-state index contributed by atoms with van der Waals surface area (Å²) in [5.41, 5.74) is 34.1. The zero-order valence-corrected chi connectivity index (χ0v) is 67.9. The van der Waals surface area contributed by atoms with Gasteiger partial charge in [0.2, 0.25) is 59.1 Å². The SMILES string of the molecule is CCC(C)C1NC(=O)C(NC(=O)C(CC(=O)C(CCCN=C(N)N)NC(=O)C(N)CC(=O)O)C(C)C)C(C)SCCC(C(=O)O)NC(=O)C(Cc2cnc[nH]2)NC1=O.CCC(C)C1NC(=O)C(NC(=O)C(CC(=O)C(CCCN=C(N)N)NC(=O)C(N)CC(=O)O)C(C)C)CSCCC(C(=O)O)NC(=O)C(CC2=CCC=N2)NC1=O. The van der Waals surface area contributed by atoms with Crippen LogP contribution in [0, 0.1) is 35.5 Å². The van der Waals surface area contributed by atoms with Crippen LogP contribution in [-0.2, 0) is 83.1 Å². The van der Waals surface area contributed by atoms with Gasteiger partial charge in [-0.2, -0.15) is 23.5 Å². The Morgan fingerprint density at radius 2 is 1.03 bits per heavy atom. The summed E-state index contributed by atoms with van der Waals surface area (Å²) < 4.78 is 0. The third kappa shape index (κ3) is 35.1. The highest BCUT2D eigenvalue weighted by molar-refractivity contribution is 8.00. The molecule has 0 radical (unpaired) electrons. The number of thioether (sulfide) groups is 2. The van der Waals surface area contributed by atoms with Gasteiger partial charge in [-0.1, -0.05) is 81.2 Å². The van der Waals surface area contributed by atoms with Crippen molar-refractivity contribution in [3.63, 3.8) is 0 Å². The molecule has 0 bridgehead atoms. The Bertz CT molecular complexity index is 3650. The molecule has 0 aromatic carbocycles. The summed E-state index contributed by atoms with van der Waals surface area (Å²) in [6.45, 7) is 15.7. The van der Waals surface area contributed by atoms with Crippen LogP contribution in [-0.4, -0.2) is 251 Å². The van der Waals surface area contributed by atoms with Crippen molar-refractivity contribution in [2.45, 2.75) is 236 Å².